The average molecular weight is 487 g/mol. The summed E-state index contributed by atoms with van der Waals surface area (Å²) in [6.07, 6.45) is 0.805. The van der Waals surface area contributed by atoms with Crippen LogP contribution in [-0.4, -0.2) is 47.7 Å². The largest absolute Gasteiger partial charge is 0.481 e. The van der Waals surface area contributed by atoms with Crippen LogP contribution < -0.4 is 10.6 Å². The van der Waals surface area contributed by atoms with Crippen molar-refractivity contribution < 1.29 is 33.0 Å². The molecule has 2 aromatic rings. The monoisotopic (exact) mass is 486 g/mol. The van der Waals surface area contributed by atoms with Crippen molar-refractivity contribution in [2.75, 3.05) is 13.2 Å². The fraction of sp³-hybridized carbons (Fsp3) is 0.423. The van der Waals surface area contributed by atoms with Gasteiger partial charge in [0.15, 0.2) is 0 Å². The van der Waals surface area contributed by atoms with Gasteiger partial charge in [-0.1, -0.05) is 61.4 Å². The number of ether oxygens (including phenoxy) is 1. The van der Waals surface area contributed by atoms with Crippen LogP contribution in [0.5, 0.6) is 0 Å². The molecule has 0 saturated heterocycles. The summed E-state index contributed by atoms with van der Waals surface area (Å²) in [5, 5.41) is 13.6. The summed E-state index contributed by atoms with van der Waals surface area (Å²) in [6, 6.07) is 15.5. The van der Waals surface area contributed by atoms with Crippen LogP contribution in [0.25, 0.3) is 11.1 Å². The molecule has 0 aromatic heterocycles. The normalized spacial score (nSPS) is 21.5. The van der Waals surface area contributed by atoms with E-state index in [-0.39, 0.29) is 18.9 Å². The maximum Gasteiger partial charge on any atom is 0.407 e. The molecule has 7 nitrogen and oxygen atoms in total. The Bertz CT molecular complexity index is 1090. The minimum atomic E-state index is -3.94. The Morgan fingerprint density at radius 3 is 2.26 bits per heavy atom. The Balaban J connectivity index is 1.34. The van der Waals surface area contributed by atoms with Crippen molar-refractivity contribution in [1.29, 1.82) is 0 Å². The summed E-state index contributed by atoms with van der Waals surface area (Å²) >= 11 is 0. The predicted molar refractivity (Wildman–Crippen MR) is 124 cm³/mol. The van der Waals surface area contributed by atoms with Gasteiger partial charge in [0.25, 0.3) is 5.91 Å². The first kappa shape index (κ1) is 24.6. The maximum atomic E-state index is 14.5. The highest BCUT2D eigenvalue weighted by Crippen LogP contribution is 2.44. The molecule has 1 saturated carbocycles. The molecule has 3 N–H and O–H groups in total. The number of carbonyl (C=O) groups is 3. The van der Waals surface area contributed by atoms with E-state index in [4.69, 9.17) is 4.74 Å². The lowest BCUT2D eigenvalue weighted by Crippen LogP contribution is -2.60. The van der Waals surface area contributed by atoms with E-state index in [1.807, 2.05) is 53.8 Å². The molecule has 2 aromatic carbocycles. The third kappa shape index (κ3) is 4.99. The lowest BCUT2D eigenvalue weighted by molar-refractivity contribution is -0.152. The standard InChI is InChI=1S/C26H28F2N2O5/c1-25(13-7-6-12-21(25)22(31)32)30-23(33)26(27,28)15-29-24(34)35-14-20-18-10-4-2-8-16(18)17-9-3-5-11-19(17)20/h2-5,8-11,20-21H,6-7,12-15H2,1H3,(H,29,34)(H,30,33)(H,31,32). The van der Waals surface area contributed by atoms with Crippen LogP contribution in [0.1, 0.15) is 49.7 Å². The molecule has 2 atom stereocenters. The summed E-state index contributed by atoms with van der Waals surface area (Å²) in [5.41, 5.74) is 2.76. The first-order chi connectivity index (χ1) is 16.6. The highest BCUT2D eigenvalue weighted by Gasteiger charge is 2.47. The molecule has 2 aliphatic carbocycles. The molecule has 35 heavy (non-hydrogen) atoms. The van der Waals surface area contributed by atoms with Crippen LogP contribution in [0.2, 0.25) is 0 Å². The van der Waals surface area contributed by atoms with Crippen LogP contribution in [0.4, 0.5) is 13.6 Å². The van der Waals surface area contributed by atoms with E-state index in [2.05, 4.69) is 5.32 Å². The van der Waals surface area contributed by atoms with Gasteiger partial charge in [-0.15, -0.1) is 0 Å². The number of alkyl carbamates (subject to hydrolysis) is 1. The van der Waals surface area contributed by atoms with Crippen LogP contribution in [0.15, 0.2) is 48.5 Å². The third-order valence-corrected chi connectivity index (χ3v) is 7.04. The molecular weight excluding hydrogens is 458 g/mol. The van der Waals surface area contributed by atoms with Crippen molar-refractivity contribution in [2.24, 2.45) is 5.92 Å². The molecule has 0 heterocycles. The molecule has 186 valence electrons. The fourth-order valence-electron chi connectivity index (χ4n) is 5.14. The second kappa shape index (κ2) is 9.64. The van der Waals surface area contributed by atoms with E-state index in [0.29, 0.717) is 19.3 Å². The summed E-state index contributed by atoms with van der Waals surface area (Å²) in [4.78, 5) is 36.1. The lowest BCUT2D eigenvalue weighted by Gasteiger charge is -2.40. The summed E-state index contributed by atoms with van der Waals surface area (Å²) in [7, 11) is 0. The maximum absolute atomic E-state index is 14.5. The van der Waals surface area contributed by atoms with Gasteiger partial charge < -0.3 is 20.5 Å². The SMILES string of the molecule is CC1(NC(=O)C(F)(F)CNC(=O)OCC2c3ccccc3-c3ccccc32)CCCCC1C(=O)O. The van der Waals surface area contributed by atoms with Gasteiger partial charge in [-0.05, 0) is 42.0 Å². The molecule has 2 unspecified atom stereocenters. The number of rotatable bonds is 7. The quantitative estimate of drug-likeness (QED) is 0.541. The van der Waals surface area contributed by atoms with Gasteiger partial charge in [-0.25, -0.2) is 4.79 Å². The second-order valence-corrected chi connectivity index (χ2v) is 9.39. The van der Waals surface area contributed by atoms with Crippen LogP contribution in [0, 0.1) is 5.92 Å². The number of carboxylic acids is 1. The van der Waals surface area contributed by atoms with E-state index in [0.717, 1.165) is 22.3 Å². The number of fused-ring (bicyclic) bond motifs is 3. The Hall–Kier alpha value is -3.49. The van der Waals surface area contributed by atoms with Gasteiger partial charge in [0.2, 0.25) is 0 Å². The first-order valence-electron chi connectivity index (χ1n) is 11.6. The molecule has 9 heteroatoms. The molecule has 0 radical (unpaired) electrons. The molecular formula is C26H28F2N2O5. The number of carbonyl (C=O) groups excluding carboxylic acids is 2. The number of alkyl halides is 2. The van der Waals surface area contributed by atoms with Crippen molar-refractivity contribution in [3.8, 4) is 11.1 Å². The summed E-state index contributed by atoms with van der Waals surface area (Å²) < 4.78 is 34.3. The van der Waals surface area contributed by atoms with Crippen molar-refractivity contribution in [2.45, 2.75) is 50.0 Å². The van der Waals surface area contributed by atoms with Crippen molar-refractivity contribution >= 4 is 18.0 Å². The van der Waals surface area contributed by atoms with Crippen LogP contribution in [0.3, 0.4) is 0 Å². The number of amides is 2. The molecule has 2 amide bonds. The van der Waals surface area contributed by atoms with Crippen LogP contribution in [-0.2, 0) is 14.3 Å². The Morgan fingerprint density at radius 2 is 1.66 bits per heavy atom. The zero-order chi connectivity index (χ0) is 25.2. The highest BCUT2D eigenvalue weighted by atomic mass is 19.3. The van der Waals surface area contributed by atoms with Crippen molar-refractivity contribution in [3.63, 3.8) is 0 Å². The predicted octanol–water partition coefficient (Wildman–Crippen LogP) is 4.31. The molecule has 0 bridgehead atoms. The number of carboxylic acid groups (broad SMARTS) is 1. The molecule has 2 aliphatic rings. The fourth-order valence-corrected chi connectivity index (χ4v) is 5.14. The van der Waals surface area contributed by atoms with Crippen molar-refractivity contribution in [1.82, 2.24) is 10.6 Å². The van der Waals surface area contributed by atoms with E-state index in [1.54, 1.807) is 0 Å². The molecule has 4 rings (SSSR count). The average Bonchev–Trinajstić information content (AvgIpc) is 3.15. The minimum absolute atomic E-state index is 0.0456. The minimum Gasteiger partial charge on any atom is -0.481 e. The highest BCUT2D eigenvalue weighted by molar-refractivity contribution is 5.86. The summed E-state index contributed by atoms with van der Waals surface area (Å²) in [6.45, 7) is 0.164. The van der Waals surface area contributed by atoms with Gasteiger partial charge in [0.05, 0.1) is 18.0 Å². The Kier molecular flexibility index (Phi) is 6.78. The number of halogens is 2. The third-order valence-electron chi connectivity index (χ3n) is 7.04. The van der Waals surface area contributed by atoms with Crippen LogP contribution >= 0.6 is 0 Å². The number of aliphatic carboxylic acids is 1. The Labute approximate surface area is 201 Å². The van der Waals surface area contributed by atoms with Gasteiger partial charge in [-0.2, -0.15) is 8.78 Å². The summed E-state index contributed by atoms with van der Waals surface area (Å²) in [5.74, 6) is -7.86. The molecule has 1 fully saturated rings. The number of hydrogen-bond acceptors (Lipinski definition) is 4. The van der Waals surface area contributed by atoms with Gasteiger partial charge in [-0.3, -0.25) is 9.59 Å². The van der Waals surface area contributed by atoms with Gasteiger partial charge >= 0.3 is 18.0 Å². The topological polar surface area (TPSA) is 105 Å². The number of benzene rings is 2. The van der Waals surface area contributed by atoms with E-state index < -0.39 is 41.9 Å². The Morgan fingerprint density at radius 1 is 1.06 bits per heavy atom. The zero-order valence-corrected chi connectivity index (χ0v) is 19.4. The number of nitrogens with one attached hydrogen (secondary N) is 2. The molecule has 0 spiro atoms. The zero-order valence-electron chi connectivity index (χ0n) is 19.4. The van der Waals surface area contributed by atoms with E-state index >= 15 is 0 Å². The van der Waals surface area contributed by atoms with Gasteiger partial charge in [0, 0.05) is 5.92 Å². The van der Waals surface area contributed by atoms with Crippen molar-refractivity contribution in [3.05, 3.63) is 59.7 Å². The van der Waals surface area contributed by atoms with E-state index in [1.165, 1.54) is 6.92 Å². The smallest absolute Gasteiger partial charge is 0.407 e. The first-order valence-corrected chi connectivity index (χ1v) is 11.6. The molecule has 0 aliphatic heterocycles. The lowest BCUT2D eigenvalue weighted by atomic mass is 9.73. The van der Waals surface area contributed by atoms with Gasteiger partial charge in [0.1, 0.15) is 6.61 Å². The van der Waals surface area contributed by atoms with E-state index in [9.17, 15) is 28.3 Å². The second-order valence-electron chi connectivity index (χ2n) is 9.39. The number of hydrogen-bond donors (Lipinski definition) is 3.